The third kappa shape index (κ3) is 4.96. The van der Waals surface area contributed by atoms with Crippen molar-refractivity contribution in [2.45, 2.75) is 45.8 Å². The summed E-state index contributed by atoms with van der Waals surface area (Å²) in [4.78, 5) is 19.1. The second kappa shape index (κ2) is 10.1. The van der Waals surface area contributed by atoms with Gasteiger partial charge in [0.2, 0.25) is 0 Å². The minimum absolute atomic E-state index is 0.0292. The minimum Gasteiger partial charge on any atom is -0.487 e. The molecule has 0 saturated carbocycles. The summed E-state index contributed by atoms with van der Waals surface area (Å²) in [6.45, 7) is 8.69. The number of carbonyl (C=O) groups excluding carboxylic acids is 1. The van der Waals surface area contributed by atoms with Crippen molar-refractivity contribution in [3.63, 3.8) is 0 Å². The van der Waals surface area contributed by atoms with Gasteiger partial charge in [0.25, 0.3) is 0 Å². The number of benzene rings is 2. The third-order valence-corrected chi connectivity index (χ3v) is 8.12. The Kier molecular flexibility index (Phi) is 6.97. The normalized spacial score (nSPS) is 22.0. The van der Waals surface area contributed by atoms with E-state index in [0.29, 0.717) is 23.6 Å². The summed E-state index contributed by atoms with van der Waals surface area (Å²) in [6.07, 6.45) is 5.51. The van der Waals surface area contributed by atoms with E-state index in [1.54, 1.807) is 13.1 Å². The largest absolute Gasteiger partial charge is 0.487 e. The molecule has 0 spiro atoms. The van der Waals surface area contributed by atoms with E-state index < -0.39 is 5.60 Å². The van der Waals surface area contributed by atoms with Crippen molar-refractivity contribution in [1.82, 2.24) is 9.88 Å². The summed E-state index contributed by atoms with van der Waals surface area (Å²) in [7, 11) is 0. The number of likely N-dealkylation sites (tertiary alicyclic amines) is 1. The number of aliphatic hydroxyl groups is 1. The van der Waals surface area contributed by atoms with Crippen molar-refractivity contribution in [3.05, 3.63) is 99.8 Å². The smallest absolute Gasteiger partial charge is 0.159 e. The number of ketones is 1. The van der Waals surface area contributed by atoms with Gasteiger partial charge in [-0.3, -0.25) is 9.78 Å². The summed E-state index contributed by atoms with van der Waals surface area (Å²) in [5, 5.41) is 12.4. The van der Waals surface area contributed by atoms with Crippen LogP contribution in [0.4, 0.5) is 0 Å². The summed E-state index contributed by atoms with van der Waals surface area (Å²) in [5.41, 5.74) is 4.26. The number of hydrogen-bond acceptors (Lipinski definition) is 5. The maximum Gasteiger partial charge on any atom is 0.159 e. The van der Waals surface area contributed by atoms with Crippen LogP contribution in [0.1, 0.15) is 66.4 Å². The van der Waals surface area contributed by atoms with Crippen LogP contribution in [0.15, 0.2) is 66.9 Å². The van der Waals surface area contributed by atoms with Crippen LogP contribution >= 0.6 is 11.6 Å². The van der Waals surface area contributed by atoms with E-state index in [2.05, 4.69) is 35.9 Å². The van der Waals surface area contributed by atoms with Gasteiger partial charge in [0.1, 0.15) is 12.4 Å². The molecule has 3 heterocycles. The zero-order chi connectivity index (χ0) is 26.2. The summed E-state index contributed by atoms with van der Waals surface area (Å²) >= 11 is 6.09. The summed E-state index contributed by atoms with van der Waals surface area (Å²) in [5.74, 6) is 0.794. The molecule has 1 N–H and O–H groups in total. The van der Waals surface area contributed by atoms with Crippen molar-refractivity contribution in [1.29, 1.82) is 0 Å². The van der Waals surface area contributed by atoms with Crippen LogP contribution in [-0.2, 0) is 12.2 Å². The molecule has 0 radical (unpaired) electrons. The van der Waals surface area contributed by atoms with Crippen LogP contribution in [-0.4, -0.2) is 40.4 Å². The second-order valence-corrected chi connectivity index (χ2v) is 11.2. The molecule has 1 fully saturated rings. The molecule has 1 aromatic heterocycles. The monoisotopic (exact) mass is 516 g/mol. The fourth-order valence-electron chi connectivity index (χ4n) is 5.66. The molecule has 5 rings (SSSR count). The number of ether oxygens (including phenoxy) is 1. The maximum atomic E-state index is 12.1. The van der Waals surface area contributed by atoms with Crippen molar-refractivity contribution in [2.75, 3.05) is 19.6 Å². The lowest BCUT2D eigenvalue weighted by Gasteiger charge is -2.50. The average Bonchev–Trinajstić information content (AvgIpc) is 3.03. The zero-order valence-corrected chi connectivity index (χ0v) is 22.4. The molecule has 192 valence electrons. The molecule has 0 bridgehead atoms. The first kappa shape index (κ1) is 25.7. The molecule has 2 aliphatic rings. The Morgan fingerprint density at radius 1 is 1.16 bits per heavy atom. The van der Waals surface area contributed by atoms with Crippen LogP contribution in [0.2, 0.25) is 5.02 Å². The Bertz CT molecular complexity index is 1350. The van der Waals surface area contributed by atoms with E-state index in [0.717, 1.165) is 59.8 Å². The van der Waals surface area contributed by atoms with Crippen molar-refractivity contribution < 1.29 is 14.6 Å². The molecule has 1 unspecified atom stereocenters. The highest BCUT2D eigenvalue weighted by Crippen LogP contribution is 2.46. The van der Waals surface area contributed by atoms with Crippen LogP contribution < -0.4 is 4.74 Å². The predicted octanol–water partition coefficient (Wildman–Crippen LogP) is 6.27. The molecule has 3 aromatic rings. The van der Waals surface area contributed by atoms with Gasteiger partial charge in [-0.2, -0.15) is 0 Å². The fourth-order valence-corrected chi connectivity index (χ4v) is 5.79. The Morgan fingerprint density at radius 3 is 2.68 bits per heavy atom. The molecule has 37 heavy (non-hydrogen) atoms. The lowest BCUT2D eigenvalue weighted by atomic mass is 9.66. The van der Waals surface area contributed by atoms with Crippen LogP contribution in [0.25, 0.3) is 5.57 Å². The van der Waals surface area contributed by atoms with Gasteiger partial charge < -0.3 is 14.7 Å². The topological polar surface area (TPSA) is 62.7 Å². The molecule has 2 aliphatic heterocycles. The quantitative estimate of drug-likeness (QED) is 0.405. The van der Waals surface area contributed by atoms with Crippen LogP contribution in [0.5, 0.6) is 5.75 Å². The SMILES string of the molecule is CC(=O)c1ccc2c(c1)/C(=C/CCN1CCC(O)(c3ccc(Cl)cc3)C(C)(C)C1)c1cccnc1CO2. The van der Waals surface area contributed by atoms with E-state index in [-0.39, 0.29) is 11.2 Å². The van der Waals surface area contributed by atoms with Gasteiger partial charge in [-0.05, 0) is 67.3 Å². The number of carbonyl (C=O) groups is 1. The molecule has 6 heteroatoms. The first-order valence-corrected chi connectivity index (χ1v) is 13.2. The lowest BCUT2D eigenvalue weighted by molar-refractivity contribution is -0.125. The number of rotatable bonds is 5. The summed E-state index contributed by atoms with van der Waals surface area (Å²) < 4.78 is 6.07. The molecule has 2 aromatic carbocycles. The number of pyridine rings is 1. The van der Waals surface area contributed by atoms with Gasteiger partial charge in [-0.25, -0.2) is 0 Å². The molecule has 0 amide bonds. The molecular formula is C31H33ClN2O3. The van der Waals surface area contributed by atoms with Gasteiger partial charge in [0.05, 0.1) is 11.3 Å². The maximum absolute atomic E-state index is 12.1. The Hall–Kier alpha value is -2.99. The minimum atomic E-state index is -0.905. The van der Waals surface area contributed by atoms with Gasteiger partial charge >= 0.3 is 0 Å². The second-order valence-electron chi connectivity index (χ2n) is 10.7. The van der Waals surface area contributed by atoms with Crippen LogP contribution in [0, 0.1) is 5.41 Å². The Balaban J connectivity index is 1.38. The lowest BCUT2D eigenvalue weighted by Crippen LogP contribution is -2.55. The summed E-state index contributed by atoms with van der Waals surface area (Å²) in [6, 6.07) is 17.2. The number of hydrogen-bond donors (Lipinski definition) is 1. The van der Waals surface area contributed by atoms with Gasteiger partial charge in [-0.15, -0.1) is 0 Å². The third-order valence-electron chi connectivity index (χ3n) is 7.86. The fraction of sp³-hybridized carbons (Fsp3) is 0.355. The highest BCUT2D eigenvalue weighted by molar-refractivity contribution is 6.30. The molecule has 5 nitrogen and oxygen atoms in total. The van der Waals surface area contributed by atoms with E-state index in [4.69, 9.17) is 16.3 Å². The first-order chi connectivity index (χ1) is 17.7. The number of Topliss-reactive ketones (excluding diaryl/α,β-unsaturated/α-hetero) is 1. The highest BCUT2D eigenvalue weighted by Gasteiger charge is 2.48. The van der Waals surface area contributed by atoms with Crippen molar-refractivity contribution in [3.8, 4) is 5.75 Å². The number of fused-ring (bicyclic) bond motifs is 2. The van der Waals surface area contributed by atoms with E-state index in [1.807, 2.05) is 48.5 Å². The van der Waals surface area contributed by atoms with Gasteiger partial charge in [0.15, 0.2) is 5.78 Å². The van der Waals surface area contributed by atoms with E-state index in [1.165, 1.54) is 0 Å². The van der Waals surface area contributed by atoms with Gasteiger partial charge in [0, 0.05) is 53.0 Å². The van der Waals surface area contributed by atoms with Gasteiger partial charge in [-0.1, -0.05) is 49.7 Å². The predicted molar refractivity (Wildman–Crippen MR) is 147 cm³/mol. The Morgan fingerprint density at radius 2 is 1.95 bits per heavy atom. The molecule has 1 saturated heterocycles. The molecular weight excluding hydrogens is 484 g/mol. The number of aromatic nitrogens is 1. The van der Waals surface area contributed by atoms with E-state index >= 15 is 0 Å². The number of piperidine rings is 1. The van der Waals surface area contributed by atoms with Crippen LogP contribution in [0.3, 0.4) is 0 Å². The first-order valence-electron chi connectivity index (χ1n) is 12.8. The zero-order valence-electron chi connectivity index (χ0n) is 21.6. The highest BCUT2D eigenvalue weighted by atomic mass is 35.5. The number of halogens is 1. The van der Waals surface area contributed by atoms with E-state index in [9.17, 15) is 9.90 Å². The van der Waals surface area contributed by atoms with Crippen molar-refractivity contribution in [2.24, 2.45) is 5.41 Å². The number of nitrogens with zero attached hydrogens (tertiary/aromatic N) is 2. The van der Waals surface area contributed by atoms with Crippen molar-refractivity contribution >= 4 is 23.0 Å². The molecule has 1 atom stereocenters. The Labute approximate surface area is 223 Å². The standard InChI is InChI=1S/C31H33ClN2O3/c1-21(35)22-8-13-29-27(18-22)25(26-6-4-15-33-28(26)19-37-29)7-5-16-34-17-14-31(36,30(2,3)20-34)23-9-11-24(32)12-10-23/h4,6-13,15,18,36H,5,14,16-17,19-20H2,1-3H3/b25-7+. The average molecular weight is 517 g/mol. The molecule has 0 aliphatic carbocycles.